The molecule has 1 unspecified atom stereocenters. The maximum absolute atomic E-state index is 10.2. The Bertz CT molecular complexity index is 149. The van der Waals surface area contributed by atoms with Crippen LogP contribution in [0.3, 0.4) is 0 Å². The van der Waals surface area contributed by atoms with E-state index < -0.39 is 11.2 Å². The summed E-state index contributed by atoms with van der Waals surface area (Å²) in [6.45, 7) is 1.60. The average Bonchev–Trinajstić information content (AvgIpc) is 1.82. The summed E-state index contributed by atoms with van der Waals surface area (Å²) in [5.74, 6) is -0.399. The monoisotopic (exact) mass is 179 g/mol. The molecule has 5 heteroatoms. The minimum atomic E-state index is -0.832. The van der Waals surface area contributed by atoms with Crippen LogP contribution in [0.4, 0.5) is 0 Å². The molecule has 0 amide bonds. The minimum Gasteiger partial charge on any atom is -0.480 e. The maximum atomic E-state index is 10.2. The zero-order valence-electron chi connectivity index (χ0n) is 5.53. The third-order valence-corrected chi connectivity index (χ3v) is 2.33. The van der Waals surface area contributed by atoms with Gasteiger partial charge in [-0.25, -0.2) is 0 Å². The van der Waals surface area contributed by atoms with Crippen molar-refractivity contribution >= 4 is 34.9 Å². The number of rotatable bonds is 4. The molecular weight excluding hydrogens is 170 g/mol. The normalized spacial score (nSPS) is 12.5. The van der Waals surface area contributed by atoms with Gasteiger partial charge in [0.25, 0.3) is 0 Å². The lowest BCUT2D eigenvalue weighted by Gasteiger charge is -2.02. The molecule has 0 aromatic carbocycles. The molecule has 0 aliphatic rings. The van der Waals surface area contributed by atoms with Crippen molar-refractivity contribution in [2.45, 2.75) is 12.2 Å². The first-order valence-corrected chi connectivity index (χ1v) is 4.12. The second-order valence-electron chi connectivity index (χ2n) is 1.76. The molecule has 0 spiro atoms. The number of nitrogens with two attached hydrogens (primary N) is 1. The first-order chi connectivity index (χ1) is 4.54. The quantitative estimate of drug-likeness (QED) is 0.614. The highest BCUT2D eigenvalue weighted by atomic mass is 32.2. The number of thiocarbonyl (C=S) groups is 1. The predicted octanol–water partition coefficient (Wildman–Crippen LogP) is 0.479. The van der Waals surface area contributed by atoms with E-state index >= 15 is 0 Å². The van der Waals surface area contributed by atoms with Gasteiger partial charge in [-0.2, -0.15) is 0 Å². The van der Waals surface area contributed by atoms with Gasteiger partial charge in [0.15, 0.2) is 0 Å². The van der Waals surface area contributed by atoms with E-state index in [1.54, 1.807) is 6.92 Å². The summed E-state index contributed by atoms with van der Waals surface area (Å²) in [4.78, 5) is 10.6. The standard InChI is InChI=1S/C5H9NO2S2/c1-3(5(7)8)10-2-4(6)9/h3H,2H2,1H3,(H2,6,9)(H,7,8). The summed E-state index contributed by atoms with van der Waals surface area (Å²) in [6.07, 6.45) is 0. The molecular formula is C5H9NO2S2. The summed E-state index contributed by atoms with van der Waals surface area (Å²) in [5.41, 5.74) is 5.16. The van der Waals surface area contributed by atoms with Crippen molar-refractivity contribution in [1.29, 1.82) is 0 Å². The summed E-state index contributed by atoms with van der Waals surface area (Å²) in [5, 5.41) is 7.96. The molecule has 0 saturated heterocycles. The van der Waals surface area contributed by atoms with Crippen LogP contribution in [0.1, 0.15) is 6.92 Å². The molecule has 58 valence electrons. The molecule has 10 heavy (non-hydrogen) atoms. The van der Waals surface area contributed by atoms with E-state index in [0.29, 0.717) is 10.7 Å². The van der Waals surface area contributed by atoms with Crippen LogP contribution in [0.5, 0.6) is 0 Å². The van der Waals surface area contributed by atoms with Gasteiger partial charge in [-0.3, -0.25) is 4.79 Å². The molecule has 0 aliphatic heterocycles. The smallest absolute Gasteiger partial charge is 0.316 e. The largest absolute Gasteiger partial charge is 0.480 e. The highest BCUT2D eigenvalue weighted by molar-refractivity contribution is 8.02. The van der Waals surface area contributed by atoms with E-state index in [-0.39, 0.29) is 0 Å². The molecule has 1 atom stereocenters. The van der Waals surface area contributed by atoms with Crippen molar-refractivity contribution in [1.82, 2.24) is 0 Å². The SMILES string of the molecule is CC(SCC(N)=S)C(=O)O. The fourth-order valence-corrected chi connectivity index (χ4v) is 1.04. The number of aliphatic carboxylic acids is 1. The van der Waals surface area contributed by atoms with E-state index in [1.165, 1.54) is 11.8 Å². The molecule has 0 heterocycles. The van der Waals surface area contributed by atoms with Crippen LogP contribution in [0.15, 0.2) is 0 Å². The number of hydrogen-bond acceptors (Lipinski definition) is 3. The highest BCUT2D eigenvalue weighted by Crippen LogP contribution is 2.09. The predicted molar refractivity (Wildman–Crippen MR) is 46.3 cm³/mol. The lowest BCUT2D eigenvalue weighted by Crippen LogP contribution is -2.17. The van der Waals surface area contributed by atoms with Crippen molar-refractivity contribution in [2.24, 2.45) is 5.73 Å². The lowest BCUT2D eigenvalue weighted by molar-refractivity contribution is -0.136. The van der Waals surface area contributed by atoms with E-state index in [0.717, 1.165) is 0 Å². The Morgan fingerprint density at radius 1 is 1.90 bits per heavy atom. The van der Waals surface area contributed by atoms with Crippen molar-refractivity contribution in [3.63, 3.8) is 0 Å². The zero-order chi connectivity index (χ0) is 8.15. The first kappa shape index (κ1) is 9.71. The summed E-state index contributed by atoms with van der Waals surface area (Å²) in [7, 11) is 0. The van der Waals surface area contributed by atoms with Crippen LogP contribution in [0, 0.1) is 0 Å². The summed E-state index contributed by atoms with van der Waals surface area (Å²) in [6, 6.07) is 0. The molecule has 0 aromatic heterocycles. The van der Waals surface area contributed by atoms with Gasteiger partial charge in [0, 0.05) is 5.75 Å². The average molecular weight is 179 g/mol. The van der Waals surface area contributed by atoms with Crippen LogP contribution in [0.2, 0.25) is 0 Å². The summed E-state index contributed by atoms with van der Waals surface area (Å²) >= 11 is 5.79. The third-order valence-electron chi connectivity index (χ3n) is 0.823. The Morgan fingerprint density at radius 2 is 2.40 bits per heavy atom. The number of carbonyl (C=O) groups is 1. The van der Waals surface area contributed by atoms with Gasteiger partial charge in [-0.15, -0.1) is 11.8 Å². The van der Waals surface area contributed by atoms with Gasteiger partial charge in [-0.1, -0.05) is 12.2 Å². The van der Waals surface area contributed by atoms with E-state index in [1.807, 2.05) is 0 Å². The van der Waals surface area contributed by atoms with Gasteiger partial charge >= 0.3 is 5.97 Å². The second-order valence-corrected chi connectivity index (χ2v) is 3.61. The van der Waals surface area contributed by atoms with Gasteiger partial charge in [0.2, 0.25) is 0 Å². The molecule has 0 bridgehead atoms. The Morgan fingerprint density at radius 3 is 2.70 bits per heavy atom. The maximum Gasteiger partial charge on any atom is 0.316 e. The molecule has 0 fully saturated rings. The molecule has 3 nitrogen and oxygen atoms in total. The van der Waals surface area contributed by atoms with Crippen molar-refractivity contribution < 1.29 is 9.90 Å². The van der Waals surface area contributed by atoms with Crippen LogP contribution in [0.25, 0.3) is 0 Å². The fraction of sp³-hybridized carbons (Fsp3) is 0.600. The topological polar surface area (TPSA) is 63.3 Å². The molecule has 0 aliphatic carbocycles. The van der Waals surface area contributed by atoms with Crippen LogP contribution in [-0.4, -0.2) is 27.1 Å². The third kappa shape index (κ3) is 4.58. The second kappa shape index (κ2) is 4.51. The molecule has 0 aromatic rings. The number of carboxylic acids is 1. The Hall–Kier alpha value is -0.290. The lowest BCUT2D eigenvalue weighted by atomic mass is 10.5. The van der Waals surface area contributed by atoms with Crippen molar-refractivity contribution in [2.75, 3.05) is 5.75 Å². The van der Waals surface area contributed by atoms with Gasteiger partial charge in [0.05, 0.1) is 10.2 Å². The van der Waals surface area contributed by atoms with Crippen LogP contribution >= 0.6 is 24.0 Å². The van der Waals surface area contributed by atoms with Gasteiger partial charge in [-0.05, 0) is 6.92 Å². The van der Waals surface area contributed by atoms with Crippen molar-refractivity contribution in [3.8, 4) is 0 Å². The van der Waals surface area contributed by atoms with Gasteiger partial charge < -0.3 is 10.8 Å². The van der Waals surface area contributed by atoms with E-state index in [2.05, 4.69) is 12.2 Å². The highest BCUT2D eigenvalue weighted by Gasteiger charge is 2.10. The Kier molecular flexibility index (Phi) is 4.38. The number of hydrogen-bond donors (Lipinski definition) is 2. The van der Waals surface area contributed by atoms with Crippen LogP contribution < -0.4 is 5.73 Å². The Labute approximate surface area is 69.0 Å². The number of thioether (sulfide) groups is 1. The Balaban J connectivity index is 3.49. The van der Waals surface area contributed by atoms with Gasteiger partial charge in [0.1, 0.15) is 0 Å². The summed E-state index contributed by atoms with van der Waals surface area (Å²) < 4.78 is 0. The molecule has 0 radical (unpaired) electrons. The minimum absolute atomic E-state index is 0.345. The molecule has 0 saturated carbocycles. The van der Waals surface area contributed by atoms with Crippen molar-refractivity contribution in [3.05, 3.63) is 0 Å². The zero-order valence-corrected chi connectivity index (χ0v) is 7.17. The molecule has 3 N–H and O–H groups in total. The number of carboxylic acid groups (broad SMARTS) is 1. The van der Waals surface area contributed by atoms with E-state index in [4.69, 9.17) is 10.8 Å². The van der Waals surface area contributed by atoms with E-state index in [9.17, 15) is 4.79 Å². The molecule has 0 rings (SSSR count). The fourth-order valence-electron chi connectivity index (χ4n) is 0.278. The first-order valence-electron chi connectivity index (χ1n) is 2.66. The van der Waals surface area contributed by atoms with Crippen LogP contribution in [-0.2, 0) is 4.79 Å².